The van der Waals surface area contributed by atoms with E-state index in [4.69, 9.17) is 0 Å². The summed E-state index contributed by atoms with van der Waals surface area (Å²) < 4.78 is 1.31. The minimum atomic E-state index is -1.31. The van der Waals surface area contributed by atoms with Crippen molar-refractivity contribution in [3.8, 4) is 0 Å². The molecule has 8 nitrogen and oxygen atoms in total. The van der Waals surface area contributed by atoms with Crippen molar-refractivity contribution < 1.29 is 9.90 Å². The molecule has 3 heterocycles. The molecule has 2 aromatic rings. The van der Waals surface area contributed by atoms with E-state index in [9.17, 15) is 19.5 Å². The fraction of sp³-hybridized carbons (Fsp3) is 0.375. The molecule has 1 aliphatic rings. The van der Waals surface area contributed by atoms with Crippen molar-refractivity contribution >= 4 is 5.91 Å². The number of β-amino-alcohol motifs (C(OH)–C–C–N with tert-alkyl or cyclic N) is 1. The zero-order valence-electron chi connectivity index (χ0n) is 13.2. The van der Waals surface area contributed by atoms with Crippen LogP contribution >= 0.6 is 0 Å². The fourth-order valence-electron chi connectivity index (χ4n) is 3.12. The van der Waals surface area contributed by atoms with E-state index in [-0.39, 0.29) is 12.5 Å². The second-order valence-electron chi connectivity index (χ2n) is 6.15. The summed E-state index contributed by atoms with van der Waals surface area (Å²) in [4.78, 5) is 43.3. The van der Waals surface area contributed by atoms with Crippen LogP contribution in [0.25, 0.3) is 0 Å². The topological polar surface area (TPSA) is 108 Å². The normalized spacial score (nSPS) is 23.9. The molecule has 0 saturated carbocycles. The summed E-state index contributed by atoms with van der Waals surface area (Å²) in [5.41, 5.74) is -1.91. The van der Waals surface area contributed by atoms with Gasteiger partial charge in [-0.15, -0.1) is 0 Å². The van der Waals surface area contributed by atoms with Crippen molar-refractivity contribution in [1.82, 2.24) is 19.4 Å². The highest BCUT2D eigenvalue weighted by molar-refractivity contribution is 5.94. The molecule has 8 heteroatoms. The van der Waals surface area contributed by atoms with Gasteiger partial charge in [-0.2, -0.15) is 0 Å². The molecule has 2 aromatic heterocycles. The molecule has 1 aliphatic heterocycles. The van der Waals surface area contributed by atoms with Crippen LogP contribution in [0.1, 0.15) is 29.7 Å². The SMILES string of the molecule is C[C@@]1(O)CN(C(=O)c2cccnc2)CC[C@H]1n1ccc(=O)[nH]c1=O. The number of nitrogens with zero attached hydrogens (tertiary/aromatic N) is 3. The second kappa shape index (κ2) is 6.04. The van der Waals surface area contributed by atoms with Crippen LogP contribution in [0.4, 0.5) is 0 Å². The van der Waals surface area contributed by atoms with E-state index >= 15 is 0 Å². The van der Waals surface area contributed by atoms with E-state index in [2.05, 4.69) is 9.97 Å². The van der Waals surface area contributed by atoms with Crippen molar-refractivity contribution in [2.75, 3.05) is 13.1 Å². The van der Waals surface area contributed by atoms with Crippen LogP contribution in [0.3, 0.4) is 0 Å². The lowest BCUT2D eigenvalue weighted by atomic mass is 9.88. The Morgan fingerprint density at radius 1 is 1.42 bits per heavy atom. The Kier molecular flexibility index (Phi) is 4.06. The number of amides is 1. The second-order valence-corrected chi connectivity index (χ2v) is 6.15. The van der Waals surface area contributed by atoms with Crippen molar-refractivity contribution in [3.63, 3.8) is 0 Å². The van der Waals surface area contributed by atoms with Crippen LogP contribution in [0.15, 0.2) is 46.4 Å². The molecule has 0 aromatic carbocycles. The molecule has 0 unspecified atom stereocenters. The number of carbonyl (C=O) groups is 1. The Labute approximate surface area is 137 Å². The highest BCUT2D eigenvalue weighted by Gasteiger charge is 2.41. The van der Waals surface area contributed by atoms with Crippen LogP contribution < -0.4 is 11.2 Å². The minimum absolute atomic E-state index is 0.0803. The molecule has 1 amide bonds. The number of H-pyrrole nitrogens is 1. The highest BCUT2D eigenvalue weighted by atomic mass is 16.3. The number of nitrogens with one attached hydrogen (secondary N) is 1. The summed E-state index contributed by atoms with van der Waals surface area (Å²) in [6, 6.07) is 4.06. The third kappa shape index (κ3) is 3.00. The van der Waals surface area contributed by atoms with Gasteiger partial charge in [0, 0.05) is 31.2 Å². The van der Waals surface area contributed by atoms with Crippen LogP contribution in [0.5, 0.6) is 0 Å². The zero-order valence-corrected chi connectivity index (χ0v) is 13.2. The Bertz CT molecular complexity index is 856. The number of pyridine rings is 1. The molecular formula is C16H18N4O4. The molecule has 24 heavy (non-hydrogen) atoms. The molecule has 2 atom stereocenters. The first-order valence-corrected chi connectivity index (χ1v) is 7.61. The van der Waals surface area contributed by atoms with E-state index in [1.165, 1.54) is 23.0 Å². The first-order chi connectivity index (χ1) is 11.4. The van der Waals surface area contributed by atoms with Crippen LogP contribution in [0.2, 0.25) is 0 Å². The van der Waals surface area contributed by atoms with Crippen LogP contribution in [-0.4, -0.2) is 49.1 Å². The van der Waals surface area contributed by atoms with Crippen LogP contribution in [0, 0.1) is 0 Å². The third-order valence-corrected chi connectivity index (χ3v) is 4.28. The van der Waals surface area contributed by atoms with Gasteiger partial charge in [-0.05, 0) is 25.5 Å². The molecular weight excluding hydrogens is 312 g/mol. The van der Waals surface area contributed by atoms with Gasteiger partial charge in [-0.3, -0.25) is 24.1 Å². The molecule has 1 saturated heterocycles. The number of hydrogen-bond donors (Lipinski definition) is 2. The number of piperidine rings is 1. The maximum absolute atomic E-state index is 12.5. The molecule has 2 N–H and O–H groups in total. The summed E-state index contributed by atoms with van der Waals surface area (Å²) in [5, 5.41) is 10.8. The Hall–Kier alpha value is -2.74. The Balaban J connectivity index is 1.84. The summed E-state index contributed by atoms with van der Waals surface area (Å²) in [7, 11) is 0. The lowest BCUT2D eigenvalue weighted by molar-refractivity contribution is -0.0503. The molecule has 0 spiro atoms. The van der Waals surface area contributed by atoms with Crippen molar-refractivity contribution in [3.05, 3.63) is 63.2 Å². The summed E-state index contributed by atoms with van der Waals surface area (Å²) in [5.74, 6) is -0.212. The van der Waals surface area contributed by atoms with Gasteiger partial charge in [-0.1, -0.05) is 0 Å². The maximum atomic E-state index is 12.5. The summed E-state index contributed by atoms with van der Waals surface area (Å²) in [6.07, 6.45) is 4.83. The van der Waals surface area contributed by atoms with Gasteiger partial charge in [0.15, 0.2) is 0 Å². The number of likely N-dealkylation sites (tertiary alicyclic amines) is 1. The van der Waals surface area contributed by atoms with Gasteiger partial charge in [0.1, 0.15) is 5.60 Å². The van der Waals surface area contributed by atoms with Gasteiger partial charge in [0.05, 0.1) is 18.2 Å². The zero-order chi connectivity index (χ0) is 17.3. The number of rotatable bonds is 2. The quantitative estimate of drug-likeness (QED) is 0.791. The molecule has 126 valence electrons. The lowest BCUT2D eigenvalue weighted by Crippen LogP contribution is -2.56. The van der Waals surface area contributed by atoms with Gasteiger partial charge in [0.2, 0.25) is 0 Å². The average Bonchev–Trinajstić information content (AvgIpc) is 2.55. The van der Waals surface area contributed by atoms with Gasteiger partial charge < -0.3 is 10.0 Å². The highest BCUT2D eigenvalue weighted by Crippen LogP contribution is 2.31. The fourth-order valence-corrected chi connectivity index (χ4v) is 3.12. The predicted octanol–water partition coefficient (Wildman–Crippen LogP) is -0.230. The average molecular weight is 330 g/mol. The molecule has 0 aliphatic carbocycles. The molecule has 1 fully saturated rings. The van der Waals surface area contributed by atoms with Gasteiger partial charge in [0.25, 0.3) is 11.5 Å². The molecule has 3 rings (SSSR count). The summed E-state index contributed by atoms with van der Waals surface area (Å²) >= 11 is 0. The Morgan fingerprint density at radius 3 is 2.83 bits per heavy atom. The first kappa shape index (κ1) is 16.1. The number of aromatic nitrogens is 3. The van der Waals surface area contributed by atoms with Crippen LogP contribution in [-0.2, 0) is 0 Å². The smallest absolute Gasteiger partial charge is 0.328 e. The first-order valence-electron chi connectivity index (χ1n) is 7.61. The molecule has 0 bridgehead atoms. The van der Waals surface area contributed by atoms with E-state index in [1.807, 2.05) is 0 Å². The van der Waals surface area contributed by atoms with Crippen molar-refractivity contribution in [2.45, 2.75) is 25.0 Å². The summed E-state index contributed by atoms with van der Waals surface area (Å²) in [6.45, 7) is 2.05. The van der Waals surface area contributed by atoms with E-state index in [0.29, 0.717) is 18.5 Å². The Morgan fingerprint density at radius 2 is 2.21 bits per heavy atom. The minimum Gasteiger partial charge on any atom is -0.386 e. The lowest BCUT2D eigenvalue weighted by Gasteiger charge is -2.43. The van der Waals surface area contributed by atoms with E-state index < -0.39 is 22.9 Å². The van der Waals surface area contributed by atoms with E-state index in [0.717, 1.165) is 0 Å². The van der Waals surface area contributed by atoms with E-state index in [1.54, 1.807) is 30.2 Å². The maximum Gasteiger partial charge on any atom is 0.328 e. The third-order valence-electron chi connectivity index (χ3n) is 4.28. The van der Waals surface area contributed by atoms with Crippen molar-refractivity contribution in [2.24, 2.45) is 0 Å². The number of aliphatic hydroxyl groups is 1. The monoisotopic (exact) mass is 330 g/mol. The standard InChI is InChI=1S/C16H18N4O4/c1-16(24)10-19(14(22)11-3-2-6-17-9-11)7-4-12(16)20-8-5-13(21)18-15(20)23/h2-3,5-6,8-9,12,24H,4,7,10H2,1H3,(H,18,21,23)/t12-,16-/m1/s1. The van der Waals surface area contributed by atoms with Crippen molar-refractivity contribution in [1.29, 1.82) is 0 Å². The largest absolute Gasteiger partial charge is 0.386 e. The number of aromatic amines is 1. The van der Waals surface area contributed by atoms with Gasteiger partial charge in [-0.25, -0.2) is 4.79 Å². The number of hydrogen-bond acceptors (Lipinski definition) is 5. The number of carbonyl (C=O) groups excluding carboxylic acids is 1. The predicted molar refractivity (Wildman–Crippen MR) is 85.7 cm³/mol. The van der Waals surface area contributed by atoms with Gasteiger partial charge >= 0.3 is 5.69 Å². The molecule has 0 radical (unpaired) electrons.